The summed E-state index contributed by atoms with van der Waals surface area (Å²) in [6.07, 6.45) is 5.93. The lowest BCUT2D eigenvalue weighted by atomic mass is 9.75. The van der Waals surface area contributed by atoms with E-state index in [4.69, 9.17) is 5.10 Å². The molecule has 0 spiro atoms. The Balaban J connectivity index is 1.38. The molecule has 3 aromatic rings. The number of carbonyl (C=O) groups excluding carboxylic acids is 1. The molecule has 3 aliphatic rings. The fourth-order valence-electron chi connectivity index (χ4n) is 6.16. The third-order valence-electron chi connectivity index (χ3n) is 8.72. The molecule has 1 aliphatic heterocycles. The van der Waals surface area contributed by atoms with Crippen LogP contribution in [0.15, 0.2) is 42.6 Å². The van der Waals surface area contributed by atoms with E-state index in [-0.39, 0.29) is 29.2 Å². The summed E-state index contributed by atoms with van der Waals surface area (Å²) in [5, 5.41) is 17.6. The minimum Gasteiger partial charge on any atom is -0.369 e. The van der Waals surface area contributed by atoms with Crippen LogP contribution in [0, 0.1) is 30.0 Å². The van der Waals surface area contributed by atoms with E-state index in [0.29, 0.717) is 31.7 Å². The van der Waals surface area contributed by atoms with Crippen LogP contribution in [0.4, 0.5) is 10.1 Å². The smallest absolute Gasteiger partial charge is 0.225 e. The van der Waals surface area contributed by atoms with Crippen molar-refractivity contribution in [1.29, 1.82) is 5.26 Å². The fourth-order valence-corrected chi connectivity index (χ4v) is 7.36. The Kier molecular flexibility index (Phi) is 7.06. The van der Waals surface area contributed by atoms with Crippen LogP contribution in [-0.2, 0) is 14.6 Å². The van der Waals surface area contributed by atoms with Gasteiger partial charge in [0.1, 0.15) is 11.4 Å². The summed E-state index contributed by atoms with van der Waals surface area (Å²) in [5.74, 6) is -0.215. The molecule has 1 amide bonds. The lowest BCUT2D eigenvalue weighted by Crippen LogP contribution is -2.42. The van der Waals surface area contributed by atoms with Gasteiger partial charge in [0.25, 0.3) is 0 Å². The molecule has 1 aromatic carbocycles. The van der Waals surface area contributed by atoms with E-state index in [9.17, 15) is 22.9 Å². The van der Waals surface area contributed by atoms with Gasteiger partial charge < -0.3 is 10.2 Å². The van der Waals surface area contributed by atoms with Crippen LogP contribution in [0.2, 0.25) is 0 Å². The number of hydrogen-bond donors (Lipinski definition) is 1. The number of anilines is 1. The molecule has 0 unspecified atom stereocenters. The average Bonchev–Trinajstić information content (AvgIpc) is 3.67. The lowest BCUT2D eigenvalue weighted by molar-refractivity contribution is -0.127. The van der Waals surface area contributed by atoms with Crippen molar-refractivity contribution in [3.63, 3.8) is 0 Å². The highest BCUT2D eigenvalue weighted by atomic mass is 32.2. The van der Waals surface area contributed by atoms with Crippen molar-refractivity contribution in [1.82, 2.24) is 20.1 Å². The van der Waals surface area contributed by atoms with Gasteiger partial charge >= 0.3 is 0 Å². The summed E-state index contributed by atoms with van der Waals surface area (Å²) in [6.45, 7) is 2.87. The van der Waals surface area contributed by atoms with E-state index < -0.39 is 21.2 Å². The second-order valence-corrected chi connectivity index (χ2v) is 13.8. The Hall–Kier alpha value is -3.78. The third kappa shape index (κ3) is 5.45. The van der Waals surface area contributed by atoms with Gasteiger partial charge in [0.15, 0.2) is 15.7 Å². The minimum absolute atomic E-state index is 0.0952. The van der Waals surface area contributed by atoms with Crippen molar-refractivity contribution in [3.8, 4) is 23.0 Å². The maximum Gasteiger partial charge on any atom is 0.225 e. The normalized spacial score (nSPS) is 23.0. The van der Waals surface area contributed by atoms with Crippen molar-refractivity contribution >= 4 is 21.4 Å². The topological polar surface area (TPSA) is 121 Å². The number of pyridine rings is 1. The van der Waals surface area contributed by atoms with E-state index in [1.54, 1.807) is 10.7 Å². The largest absolute Gasteiger partial charge is 0.369 e. The molecule has 0 bridgehead atoms. The average molecular weight is 577 g/mol. The molecule has 0 radical (unpaired) electrons. The Labute approximate surface area is 239 Å². The zero-order valence-electron chi connectivity index (χ0n) is 23.0. The molecule has 6 rings (SSSR count). The van der Waals surface area contributed by atoms with E-state index in [0.717, 1.165) is 60.1 Å². The molecule has 3 fully saturated rings. The summed E-state index contributed by atoms with van der Waals surface area (Å²) in [7, 11) is -2.98. The van der Waals surface area contributed by atoms with Crippen LogP contribution in [0.1, 0.15) is 55.8 Å². The number of sulfone groups is 1. The zero-order chi connectivity index (χ0) is 28.8. The number of amides is 1. The predicted octanol–water partition coefficient (Wildman–Crippen LogP) is 4.06. The van der Waals surface area contributed by atoms with Crippen LogP contribution < -0.4 is 10.2 Å². The molecule has 11 heteroatoms. The summed E-state index contributed by atoms with van der Waals surface area (Å²) < 4.78 is 39.2. The lowest BCUT2D eigenvalue weighted by Gasteiger charge is -2.31. The van der Waals surface area contributed by atoms with Crippen LogP contribution in [0.25, 0.3) is 16.9 Å². The zero-order valence-corrected chi connectivity index (χ0v) is 23.8. The van der Waals surface area contributed by atoms with Gasteiger partial charge in [-0.3, -0.25) is 4.79 Å². The van der Waals surface area contributed by atoms with E-state index in [1.165, 1.54) is 6.07 Å². The van der Waals surface area contributed by atoms with Gasteiger partial charge in [0, 0.05) is 36.2 Å². The fraction of sp³-hybridized carbons (Fsp3) is 0.467. The van der Waals surface area contributed by atoms with Gasteiger partial charge in [-0.15, -0.1) is 0 Å². The molecule has 41 heavy (non-hydrogen) atoms. The Morgan fingerprint density at radius 1 is 1.10 bits per heavy atom. The minimum atomic E-state index is -2.98. The van der Waals surface area contributed by atoms with Gasteiger partial charge in [-0.05, 0) is 62.4 Å². The van der Waals surface area contributed by atoms with Gasteiger partial charge in [0.2, 0.25) is 5.91 Å². The molecule has 1 saturated heterocycles. The van der Waals surface area contributed by atoms with Crippen molar-refractivity contribution in [2.24, 2.45) is 5.92 Å². The number of nitrogens with one attached hydrogen (secondary N) is 1. The highest BCUT2D eigenvalue weighted by Crippen LogP contribution is 2.44. The van der Waals surface area contributed by atoms with Gasteiger partial charge in [-0.2, -0.15) is 10.4 Å². The molecule has 2 aliphatic carbocycles. The predicted molar refractivity (Wildman–Crippen MR) is 153 cm³/mol. The summed E-state index contributed by atoms with van der Waals surface area (Å²) in [6, 6.07) is 13.2. The number of nitrogens with zero attached hydrogens (tertiary/aromatic N) is 5. The molecule has 2 aromatic heterocycles. The van der Waals surface area contributed by atoms with E-state index in [2.05, 4.69) is 21.3 Å². The molecule has 1 N–H and O–H groups in total. The number of carbonyl (C=O) groups is 1. The maximum absolute atomic E-state index is 13.7. The molecule has 214 valence electrons. The van der Waals surface area contributed by atoms with Crippen LogP contribution in [0.3, 0.4) is 0 Å². The number of nitriles is 1. The molecule has 2 saturated carbocycles. The van der Waals surface area contributed by atoms with Crippen LogP contribution >= 0.6 is 0 Å². The maximum atomic E-state index is 13.7. The first-order valence-electron chi connectivity index (χ1n) is 14.2. The number of benzene rings is 1. The third-order valence-corrected chi connectivity index (χ3v) is 10.3. The van der Waals surface area contributed by atoms with Crippen LogP contribution in [0.5, 0.6) is 0 Å². The number of aromatic nitrogens is 3. The first kappa shape index (κ1) is 27.4. The first-order chi connectivity index (χ1) is 19.7. The van der Waals surface area contributed by atoms with E-state index in [1.807, 2.05) is 31.2 Å². The highest BCUT2D eigenvalue weighted by molar-refractivity contribution is 7.91. The van der Waals surface area contributed by atoms with E-state index >= 15 is 0 Å². The number of hydrogen-bond acceptors (Lipinski definition) is 7. The Bertz CT molecular complexity index is 1590. The van der Waals surface area contributed by atoms with Crippen molar-refractivity contribution in [2.75, 3.05) is 29.5 Å². The molecular weight excluding hydrogens is 543 g/mol. The van der Waals surface area contributed by atoms with Crippen molar-refractivity contribution < 1.29 is 17.6 Å². The Morgan fingerprint density at radius 3 is 2.44 bits per heavy atom. The molecule has 3 heterocycles. The SMILES string of the molecule is Cc1c(-c2ccc(N3CCS(=O)(=O)CC3)cc2)c([C@@H]2CCCC[C@H]2C(=O)NC2(C#N)CC2)nn1-c1ccc(F)cn1. The number of halogens is 1. The quantitative estimate of drug-likeness (QED) is 0.470. The molecular formula is C30H33FN6O3S. The summed E-state index contributed by atoms with van der Waals surface area (Å²) in [5.41, 5.74) is 3.69. The molecule has 9 nitrogen and oxygen atoms in total. The summed E-state index contributed by atoms with van der Waals surface area (Å²) in [4.78, 5) is 19.9. The summed E-state index contributed by atoms with van der Waals surface area (Å²) >= 11 is 0. The van der Waals surface area contributed by atoms with Crippen LogP contribution in [-0.4, -0.2) is 59.2 Å². The Morgan fingerprint density at radius 2 is 1.80 bits per heavy atom. The highest BCUT2D eigenvalue weighted by Gasteiger charge is 2.47. The number of rotatable bonds is 6. The first-order valence-corrected chi connectivity index (χ1v) is 16.0. The van der Waals surface area contributed by atoms with Gasteiger partial charge in [-0.25, -0.2) is 22.5 Å². The second-order valence-electron chi connectivity index (χ2n) is 11.5. The molecule has 2 atom stereocenters. The standard InChI is InChI=1S/C30H33FN6O3S/c1-20-27(21-6-9-23(10-7-21)36-14-16-41(39,40)17-15-36)28(35-37(20)26-11-8-22(31)18-33-26)24-4-2-3-5-25(24)29(38)34-30(19-32)12-13-30/h6-11,18,24-25H,2-5,12-17H2,1H3,(H,34,38)/t24-,25-/m1/s1. The van der Waals surface area contributed by atoms with Crippen molar-refractivity contribution in [3.05, 3.63) is 59.8 Å². The second kappa shape index (κ2) is 10.6. The van der Waals surface area contributed by atoms with Gasteiger partial charge in [-0.1, -0.05) is 25.0 Å². The van der Waals surface area contributed by atoms with Gasteiger partial charge in [0.05, 0.1) is 35.2 Å². The van der Waals surface area contributed by atoms with Crippen molar-refractivity contribution in [2.45, 2.75) is 56.9 Å². The monoisotopic (exact) mass is 576 g/mol.